The number of aryl methyl sites for hydroxylation is 1. The molecule has 0 aliphatic heterocycles. The number of aromatic hydroxyl groups is 1. The molecule has 0 aliphatic carbocycles. The molecule has 5 nitrogen and oxygen atoms in total. The highest BCUT2D eigenvalue weighted by molar-refractivity contribution is 6.06. The zero-order chi connectivity index (χ0) is 15.6. The number of carbonyl (C=O) groups excluding carboxylic acids is 1. The SMILES string of the molecule is Cc1cc(C(=O)N(C)c2ccc(C(=O)O)cc2)ccc1O. The molecule has 2 rings (SSSR count). The molecule has 108 valence electrons. The molecular weight excluding hydrogens is 270 g/mol. The van der Waals surface area contributed by atoms with E-state index in [-0.39, 0.29) is 17.2 Å². The summed E-state index contributed by atoms with van der Waals surface area (Å²) >= 11 is 0. The number of carbonyl (C=O) groups is 2. The number of aromatic carboxylic acids is 1. The van der Waals surface area contributed by atoms with Crippen molar-refractivity contribution in [2.24, 2.45) is 0 Å². The average Bonchev–Trinajstić information content (AvgIpc) is 2.48. The van der Waals surface area contributed by atoms with Crippen LogP contribution in [0, 0.1) is 6.92 Å². The number of hydrogen-bond acceptors (Lipinski definition) is 3. The number of hydrogen-bond donors (Lipinski definition) is 2. The van der Waals surface area contributed by atoms with E-state index in [1.807, 2.05) is 0 Å². The lowest BCUT2D eigenvalue weighted by Crippen LogP contribution is -2.26. The van der Waals surface area contributed by atoms with E-state index >= 15 is 0 Å². The molecule has 1 amide bonds. The third-order valence-electron chi connectivity index (χ3n) is 3.25. The number of benzene rings is 2. The van der Waals surface area contributed by atoms with E-state index in [1.165, 1.54) is 23.1 Å². The van der Waals surface area contributed by atoms with E-state index in [4.69, 9.17) is 5.11 Å². The van der Waals surface area contributed by atoms with Gasteiger partial charge in [-0.25, -0.2) is 4.79 Å². The van der Waals surface area contributed by atoms with E-state index in [1.54, 1.807) is 38.2 Å². The minimum absolute atomic E-state index is 0.139. The molecule has 0 aromatic heterocycles. The molecule has 2 aromatic rings. The van der Waals surface area contributed by atoms with Gasteiger partial charge in [-0.2, -0.15) is 0 Å². The highest BCUT2D eigenvalue weighted by Crippen LogP contribution is 2.20. The molecule has 5 heteroatoms. The molecule has 2 aromatic carbocycles. The Morgan fingerprint density at radius 3 is 2.10 bits per heavy atom. The van der Waals surface area contributed by atoms with Crippen molar-refractivity contribution in [2.75, 3.05) is 11.9 Å². The fourth-order valence-electron chi connectivity index (χ4n) is 1.93. The molecule has 0 bridgehead atoms. The number of carboxylic acid groups (broad SMARTS) is 1. The molecule has 2 N–H and O–H groups in total. The van der Waals surface area contributed by atoms with Gasteiger partial charge in [0.05, 0.1) is 5.56 Å². The van der Waals surface area contributed by atoms with Gasteiger partial charge in [-0.3, -0.25) is 4.79 Å². The molecule has 0 saturated carbocycles. The summed E-state index contributed by atoms with van der Waals surface area (Å²) in [5.41, 5.74) is 1.83. The van der Waals surface area contributed by atoms with Gasteiger partial charge in [-0.1, -0.05) is 0 Å². The Morgan fingerprint density at radius 2 is 1.57 bits per heavy atom. The van der Waals surface area contributed by atoms with Crippen molar-refractivity contribution in [1.29, 1.82) is 0 Å². The second kappa shape index (κ2) is 5.66. The Hall–Kier alpha value is -2.82. The van der Waals surface area contributed by atoms with E-state index < -0.39 is 5.97 Å². The number of amides is 1. The summed E-state index contributed by atoms with van der Waals surface area (Å²) in [7, 11) is 1.61. The zero-order valence-electron chi connectivity index (χ0n) is 11.7. The second-order valence-electron chi connectivity index (χ2n) is 4.72. The van der Waals surface area contributed by atoms with Crippen molar-refractivity contribution in [3.63, 3.8) is 0 Å². The van der Waals surface area contributed by atoms with Gasteiger partial charge < -0.3 is 15.1 Å². The Kier molecular flexibility index (Phi) is 3.93. The summed E-state index contributed by atoms with van der Waals surface area (Å²) < 4.78 is 0. The number of anilines is 1. The van der Waals surface area contributed by atoms with Crippen molar-refractivity contribution >= 4 is 17.6 Å². The molecule has 0 spiro atoms. The summed E-state index contributed by atoms with van der Waals surface area (Å²) in [6.45, 7) is 1.72. The topological polar surface area (TPSA) is 77.8 Å². The van der Waals surface area contributed by atoms with Crippen LogP contribution in [0.25, 0.3) is 0 Å². The quantitative estimate of drug-likeness (QED) is 0.908. The summed E-state index contributed by atoms with van der Waals surface area (Å²) in [6, 6.07) is 10.7. The second-order valence-corrected chi connectivity index (χ2v) is 4.72. The van der Waals surface area contributed by atoms with E-state index in [2.05, 4.69) is 0 Å². The normalized spacial score (nSPS) is 10.2. The summed E-state index contributed by atoms with van der Waals surface area (Å²) in [6.07, 6.45) is 0. The van der Waals surface area contributed by atoms with Crippen LogP contribution in [-0.4, -0.2) is 29.1 Å². The molecule has 21 heavy (non-hydrogen) atoms. The number of rotatable bonds is 3. The predicted molar refractivity (Wildman–Crippen MR) is 79.0 cm³/mol. The first-order chi connectivity index (χ1) is 9.90. The van der Waals surface area contributed by atoms with Crippen LogP contribution in [-0.2, 0) is 0 Å². The van der Waals surface area contributed by atoms with Crippen molar-refractivity contribution in [3.05, 3.63) is 59.2 Å². The van der Waals surface area contributed by atoms with Crippen LogP contribution < -0.4 is 4.90 Å². The summed E-state index contributed by atoms with van der Waals surface area (Å²) in [5.74, 6) is -1.11. The molecule has 0 aliphatic rings. The maximum absolute atomic E-state index is 12.4. The van der Waals surface area contributed by atoms with Gasteiger partial charge in [-0.05, 0) is 55.0 Å². The van der Waals surface area contributed by atoms with Crippen LogP contribution >= 0.6 is 0 Å². The number of phenolic OH excluding ortho intramolecular Hbond substituents is 1. The lowest BCUT2D eigenvalue weighted by atomic mass is 10.1. The van der Waals surface area contributed by atoms with Crippen molar-refractivity contribution in [2.45, 2.75) is 6.92 Å². The largest absolute Gasteiger partial charge is 0.508 e. The highest BCUT2D eigenvalue weighted by Gasteiger charge is 2.15. The maximum Gasteiger partial charge on any atom is 0.335 e. The van der Waals surface area contributed by atoms with Crippen LogP contribution in [0.4, 0.5) is 5.69 Å². The third-order valence-corrected chi connectivity index (χ3v) is 3.25. The molecule has 0 fully saturated rings. The first-order valence-corrected chi connectivity index (χ1v) is 6.31. The minimum atomic E-state index is -1.01. The molecule has 0 radical (unpaired) electrons. The Labute approximate surface area is 122 Å². The van der Waals surface area contributed by atoms with Gasteiger partial charge in [0.1, 0.15) is 5.75 Å². The fourth-order valence-corrected chi connectivity index (χ4v) is 1.93. The van der Waals surface area contributed by atoms with Crippen molar-refractivity contribution in [3.8, 4) is 5.75 Å². The van der Waals surface area contributed by atoms with Crippen LogP contribution in [0.5, 0.6) is 5.75 Å². The van der Waals surface area contributed by atoms with Crippen LogP contribution in [0.3, 0.4) is 0 Å². The molecular formula is C16H15NO4. The Balaban J connectivity index is 2.25. The van der Waals surface area contributed by atoms with E-state index in [0.717, 1.165) is 0 Å². The Morgan fingerprint density at radius 1 is 1.00 bits per heavy atom. The lowest BCUT2D eigenvalue weighted by Gasteiger charge is -2.18. The van der Waals surface area contributed by atoms with Gasteiger partial charge >= 0.3 is 5.97 Å². The zero-order valence-corrected chi connectivity index (χ0v) is 11.7. The minimum Gasteiger partial charge on any atom is -0.508 e. The number of nitrogens with zero attached hydrogens (tertiary/aromatic N) is 1. The summed E-state index contributed by atoms with van der Waals surface area (Å²) in [5, 5.41) is 18.3. The Bertz CT molecular complexity index is 692. The maximum atomic E-state index is 12.4. The van der Waals surface area contributed by atoms with E-state index in [0.29, 0.717) is 16.8 Å². The van der Waals surface area contributed by atoms with Gasteiger partial charge in [0.2, 0.25) is 0 Å². The third kappa shape index (κ3) is 3.02. The van der Waals surface area contributed by atoms with Gasteiger partial charge in [-0.15, -0.1) is 0 Å². The van der Waals surface area contributed by atoms with Crippen LogP contribution in [0.1, 0.15) is 26.3 Å². The van der Waals surface area contributed by atoms with Crippen LogP contribution in [0.15, 0.2) is 42.5 Å². The average molecular weight is 285 g/mol. The molecule has 0 atom stereocenters. The van der Waals surface area contributed by atoms with Crippen molar-refractivity contribution in [1.82, 2.24) is 0 Å². The predicted octanol–water partition coefficient (Wildman–Crippen LogP) is 2.68. The number of phenols is 1. The van der Waals surface area contributed by atoms with Gasteiger partial charge in [0, 0.05) is 18.3 Å². The molecule has 0 unspecified atom stereocenters. The monoisotopic (exact) mass is 285 g/mol. The number of carboxylic acids is 1. The lowest BCUT2D eigenvalue weighted by molar-refractivity contribution is 0.0696. The van der Waals surface area contributed by atoms with Gasteiger partial charge in [0.25, 0.3) is 5.91 Å². The smallest absolute Gasteiger partial charge is 0.335 e. The standard InChI is InChI=1S/C16H15NO4/c1-10-9-12(5-8-14(10)18)15(19)17(2)13-6-3-11(4-7-13)16(20)21/h3-9,18H,1-2H3,(H,20,21). The molecule has 0 saturated heterocycles. The van der Waals surface area contributed by atoms with Crippen LogP contribution in [0.2, 0.25) is 0 Å². The first-order valence-electron chi connectivity index (χ1n) is 6.31. The van der Waals surface area contributed by atoms with Crippen molar-refractivity contribution < 1.29 is 19.8 Å². The summed E-state index contributed by atoms with van der Waals surface area (Å²) in [4.78, 5) is 24.6. The highest BCUT2D eigenvalue weighted by atomic mass is 16.4. The molecule has 0 heterocycles. The van der Waals surface area contributed by atoms with Gasteiger partial charge in [0.15, 0.2) is 0 Å². The first kappa shape index (κ1) is 14.6. The fraction of sp³-hybridized carbons (Fsp3) is 0.125. The van der Waals surface area contributed by atoms with E-state index in [9.17, 15) is 14.7 Å².